The highest BCUT2D eigenvalue weighted by Gasteiger charge is 2.03. The fourth-order valence-electron chi connectivity index (χ4n) is 1.95. The first kappa shape index (κ1) is 13.0. The van der Waals surface area contributed by atoms with Gasteiger partial charge < -0.3 is 5.73 Å². The van der Waals surface area contributed by atoms with Crippen LogP contribution >= 0.6 is 0 Å². The van der Waals surface area contributed by atoms with Crippen molar-refractivity contribution in [2.24, 2.45) is 11.7 Å². The molecule has 0 aliphatic rings. The minimum absolute atomic E-state index is 0.674. The Morgan fingerprint density at radius 3 is 2.62 bits per heavy atom. The van der Waals surface area contributed by atoms with Crippen LogP contribution in [0.2, 0.25) is 0 Å². The van der Waals surface area contributed by atoms with Crippen molar-refractivity contribution in [3.63, 3.8) is 0 Å². The Kier molecular flexibility index (Phi) is 5.87. The second kappa shape index (κ2) is 7.24. The Bertz CT molecular complexity index is 302. The molecule has 16 heavy (non-hydrogen) atoms. The Labute approximate surface area is 99.4 Å². The molecule has 0 aliphatic carbocycles. The van der Waals surface area contributed by atoms with E-state index < -0.39 is 0 Å². The Morgan fingerprint density at radius 1 is 1.31 bits per heavy atom. The van der Waals surface area contributed by atoms with Gasteiger partial charge in [-0.15, -0.1) is 0 Å². The number of aryl methyl sites for hydroxylation is 1. The molecule has 1 heteroatoms. The van der Waals surface area contributed by atoms with Gasteiger partial charge in [-0.05, 0) is 43.7 Å². The van der Waals surface area contributed by atoms with E-state index in [-0.39, 0.29) is 0 Å². The maximum atomic E-state index is 5.54. The van der Waals surface area contributed by atoms with Gasteiger partial charge in [0.15, 0.2) is 0 Å². The first-order chi connectivity index (χ1) is 7.72. The summed E-state index contributed by atoms with van der Waals surface area (Å²) < 4.78 is 0. The maximum absolute atomic E-state index is 5.54. The molecule has 0 saturated heterocycles. The van der Waals surface area contributed by atoms with E-state index in [2.05, 4.69) is 43.8 Å². The fraction of sp³-hybridized carbons (Fsp3) is 0.467. The lowest BCUT2D eigenvalue weighted by Crippen LogP contribution is -2.06. The Balaban J connectivity index is 2.25. The summed E-state index contributed by atoms with van der Waals surface area (Å²) >= 11 is 0. The standard InChI is InChI=1S/C15H23N/c1-13(12-14(2)10-11-16)8-9-15-6-4-3-5-7-15/h3-7,14H,1,8-12,16H2,2H3. The van der Waals surface area contributed by atoms with Crippen molar-refractivity contribution in [2.45, 2.75) is 32.6 Å². The van der Waals surface area contributed by atoms with E-state index >= 15 is 0 Å². The molecule has 88 valence electrons. The summed E-state index contributed by atoms with van der Waals surface area (Å²) in [5.74, 6) is 0.674. The molecule has 0 spiro atoms. The predicted octanol–water partition coefficient (Wildman–Crippen LogP) is 3.55. The van der Waals surface area contributed by atoms with E-state index in [4.69, 9.17) is 5.73 Å². The van der Waals surface area contributed by atoms with Crippen LogP contribution in [0.25, 0.3) is 0 Å². The lowest BCUT2D eigenvalue weighted by molar-refractivity contribution is 0.528. The quantitative estimate of drug-likeness (QED) is 0.694. The fourth-order valence-corrected chi connectivity index (χ4v) is 1.95. The monoisotopic (exact) mass is 217 g/mol. The summed E-state index contributed by atoms with van der Waals surface area (Å²) in [6.45, 7) is 7.19. The van der Waals surface area contributed by atoms with Crippen LogP contribution in [0.4, 0.5) is 0 Å². The Morgan fingerprint density at radius 2 is 2.00 bits per heavy atom. The van der Waals surface area contributed by atoms with Gasteiger partial charge in [0.25, 0.3) is 0 Å². The topological polar surface area (TPSA) is 26.0 Å². The van der Waals surface area contributed by atoms with Crippen molar-refractivity contribution >= 4 is 0 Å². The van der Waals surface area contributed by atoms with E-state index in [1.807, 2.05) is 0 Å². The highest BCUT2D eigenvalue weighted by atomic mass is 14.5. The predicted molar refractivity (Wildman–Crippen MR) is 71.4 cm³/mol. The second-order valence-electron chi connectivity index (χ2n) is 4.62. The zero-order valence-electron chi connectivity index (χ0n) is 10.3. The summed E-state index contributed by atoms with van der Waals surface area (Å²) in [4.78, 5) is 0. The van der Waals surface area contributed by atoms with Crippen molar-refractivity contribution in [3.8, 4) is 0 Å². The van der Waals surface area contributed by atoms with E-state index in [0.717, 1.165) is 32.2 Å². The highest BCUT2D eigenvalue weighted by Crippen LogP contribution is 2.17. The normalized spacial score (nSPS) is 12.4. The number of allylic oxidation sites excluding steroid dienone is 1. The zero-order valence-corrected chi connectivity index (χ0v) is 10.3. The lowest BCUT2D eigenvalue weighted by Gasteiger charge is -2.12. The van der Waals surface area contributed by atoms with Crippen LogP contribution in [0.1, 0.15) is 31.7 Å². The minimum atomic E-state index is 0.674. The molecule has 2 N–H and O–H groups in total. The van der Waals surface area contributed by atoms with E-state index in [0.29, 0.717) is 5.92 Å². The molecule has 1 aromatic carbocycles. The van der Waals surface area contributed by atoms with Crippen molar-refractivity contribution in [1.29, 1.82) is 0 Å². The molecule has 1 nitrogen and oxygen atoms in total. The first-order valence-electron chi connectivity index (χ1n) is 6.13. The van der Waals surface area contributed by atoms with Crippen LogP contribution in [0.15, 0.2) is 42.5 Å². The van der Waals surface area contributed by atoms with Crippen LogP contribution in [0, 0.1) is 5.92 Å². The van der Waals surface area contributed by atoms with Crippen molar-refractivity contribution in [2.75, 3.05) is 6.54 Å². The zero-order chi connectivity index (χ0) is 11.8. The Hall–Kier alpha value is -1.08. The third-order valence-electron chi connectivity index (χ3n) is 2.91. The first-order valence-corrected chi connectivity index (χ1v) is 6.13. The van der Waals surface area contributed by atoms with Crippen LogP contribution in [0.5, 0.6) is 0 Å². The average molecular weight is 217 g/mol. The van der Waals surface area contributed by atoms with Crippen LogP contribution < -0.4 is 5.73 Å². The molecule has 0 bridgehead atoms. The molecule has 0 aromatic heterocycles. The number of rotatable bonds is 7. The van der Waals surface area contributed by atoms with Gasteiger partial charge in [0, 0.05) is 0 Å². The van der Waals surface area contributed by atoms with Crippen LogP contribution in [-0.4, -0.2) is 6.54 Å². The third kappa shape index (κ3) is 5.13. The van der Waals surface area contributed by atoms with E-state index in [9.17, 15) is 0 Å². The molecule has 1 unspecified atom stereocenters. The number of benzene rings is 1. The number of nitrogens with two attached hydrogens (primary N) is 1. The molecule has 1 aromatic rings. The van der Waals surface area contributed by atoms with E-state index in [1.54, 1.807) is 0 Å². The molecule has 0 radical (unpaired) electrons. The molecule has 0 heterocycles. The number of hydrogen-bond acceptors (Lipinski definition) is 1. The molecule has 1 rings (SSSR count). The summed E-state index contributed by atoms with van der Waals surface area (Å²) in [6.07, 6.45) is 4.42. The van der Waals surface area contributed by atoms with Gasteiger partial charge in [-0.1, -0.05) is 49.4 Å². The summed E-state index contributed by atoms with van der Waals surface area (Å²) in [6, 6.07) is 10.6. The molecule has 0 saturated carbocycles. The van der Waals surface area contributed by atoms with E-state index in [1.165, 1.54) is 11.1 Å². The van der Waals surface area contributed by atoms with Crippen molar-refractivity contribution < 1.29 is 0 Å². The lowest BCUT2D eigenvalue weighted by atomic mass is 9.95. The molecular formula is C15H23N. The minimum Gasteiger partial charge on any atom is -0.330 e. The van der Waals surface area contributed by atoms with Crippen molar-refractivity contribution in [1.82, 2.24) is 0 Å². The largest absolute Gasteiger partial charge is 0.330 e. The number of hydrogen-bond donors (Lipinski definition) is 1. The molecular weight excluding hydrogens is 194 g/mol. The van der Waals surface area contributed by atoms with Crippen LogP contribution in [0.3, 0.4) is 0 Å². The molecule has 0 fully saturated rings. The molecule has 0 amide bonds. The molecule has 0 aliphatic heterocycles. The smallest absolute Gasteiger partial charge is 0.00746 e. The van der Waals surface area contributed by atoms with Gasteiger partial charge in [-0.25, -0.2) is 0 Å². The summed E-state index contributed by atoms with van der Waals surface area (Å²) in [7, 11) is 0. The summed E-state index contributed by atoms with van der Waals surface area (Å²) in [5, 5.41) is 0. The van der Waals surface area contributed by atoms with Gasteiger partial charge in [0.2, 0.25) is 0 Å². The SMILES string of the molecule is C=C(CCc1ccccc1)CC(C)CCN. The second-order valence-corrected chi connectivity index (χ2v) is 4.62. The third-order valence-corrected chi connectivity index (χ3v) is 2.91. The van der Waals surface area contributed by atoms with Gasteiger partial charge in [0.1, 0.15) is 0 Å². The summed E-state index contributed by atoms with van der Waals surface area (Å²) in [5.41, 5.74) is 8.29. The maximum Gasteiger partial charge on any atom is -0.00746 e. The van der Waals surface area contributed by atoms with Crippen LogP contribution in [-0.2, 0) is 6.42 Å². The van der Waals surface area contributed by atoms with Gasteiger partial charge in [0.05, 0.1) is 0 Å². The van der Waals surface area contributed by atoms with Gasteiger partial charge in [-0.2, -0.15) is 0 Å². The van der Waals surface area contributed by atoms with Gasteiger partial charge >= 0.3 is 0 Å². The molecule has 1 atom stereocenters. The van der Waals surface area contributed by atoms with Gasteiger partial charge in [-0.3, -0.25) is 0 Å². The highest BCUT2D eigenvalue weighted by molar-refractivity contribution is 5.16. The van der Waals surface area contributed by atoms with Crippen molar-refractivity contribution in [3.05, 3.63) is 48.0 Å². The average Bonchev–Trinajstić information content (AvgIpc) is 2.28.